The first kappa shape index (κ1) is 20.2. The number of carbonyl (C=O) groups is 2. The topological polar surface area (TPSA) is 55.8 Å². The standard InChI is InChI=1S/C17H32NO4Si/c1-16(2,3)14(22-23(7)8)12-11-18(10-9-13(12)19)15(20)21-17(4,5)6/h12,14H,9-11H2,1-8H3. The Kier molecular flexibility index (Phi) is 6.44. The summed E-state index contributed by atoms with van der Waals surface area (Å²) in [4.78, 5) is 26.4. The van der Waals surface area contributed by atoms with Gasteiger partial charge in [-0.2, -0.15) is 0 Å². The van der Waals surface area contributed by atoms with Crippen LogP contribution in [0.5, 0.6) is 0 Å². The summed E-state index contributed by atoms with van der Waals surface area (Å²) in [6.07, 6.45) is -0.152. The van der Waals surface area contributed by atoms with Gasteiger partial charge in [-0.25, -0.2) is 4.79 Å². The van der Waals surface area contributed by atoms with E-state index in [4.69, 9.17) is 9.16 Å². The van der Waals surface area contributed by atoms with Crippen molar-refractivity contribution in [3.8, 4) is 0 Å². The van der Waals surface area contributed by atoms with Crippen LogP contribution in [0.15, 0.2) is 0 Å². The summed E-state index contributed by atoms with van der Waals surface area (Å²) in [7, 11) is -0.940. The molecular formula is C17H32NO4Si. The van der Waals surface area contributed by atoms with Gasteiger partial charge in [-0.05, 0) is 39.3 Å². The van der Waals surface area contributed by atoms with Gasteiger partial charge >= 0.3 is 6.09 Å². The molecule has 2 unspecified atom stereocenters. The van der Waals surface area contributed by atoms with Gasteiger partial charge < -0.3 is 14.1 Å². The van der Waals surface area contributed by atoms with Crippen molar-refractivity contribution in [3.63, 3.8) is 0 Å². The Morgan fingerprint density at radius 2 is 1.78 bits per heavy atom. The number of amides is 1. The molecule has 0 spiro atoms. The molecule has 6 heteroatoms. The summed E-state index contributed by atoms with van der Waals surface area (Å²) >= 11 is 0. The van der Waals surface area contributed by atoms with E-state index < -0.39 is 14.6 Å². The minimum absolute atomic E-state index is 0.154. The number of carbonyl (C=O) groups excluding carboxylic acids is 2. The van der Waals surface area contributed by atoms with E-state index in [2.05, 4.69) is 33.9 Å². The molecule has 0 aromatic carbocycles. The molecule has 1 heterocycles. The molecule has 5 nitrogen and oxygen atoms in total. The highest BCUT2D eigenvalue weighted by atomic mass is 28.3. The first-order valence-electron chi connectivity index (χ1n) is 8.28. The Morgan fingerprint density at radius 1 is 1.22 bits per heavy atom. The zero-order chi connectivity index (χ0) is 18.0. The maximum atomic E-state index is 12.5. The van der Waals surface area contributed by atoms with E-state index in [-0.39, 0.29) is 29.3 Å². The molecule has 2 atom stereocenters. The summed E-state index contributed by atoms with van der Waals surface area (Å²) in [5.74, 6) is -0.0934. The van der Waals surface area contributed by atoms with Crippen molar-refractivity contribution in [2.45, 2.75) is 72.8 Å². The van der Waals surface area contributed by atoms with Gasteiger partial charge in [-0.1, -0.05) is 20.8 Å². The van der Waals surface area contributed by atoms with Crippen LogP contribution in [0.3, 0.4) is 0 Å². The van der Waals surface area contributed by atoms with Gasteiger partial charge in [0.1, 0.15) is 11.4 Å². The van der Waals surface area contributed by atoms with Gasteiger partial charge in [0.05, 0.1) is 12.0 Å². The fraction of sp³-hybridized carbons (Fsp3) is 0.882. The zero-order valence-corrected chi connectivity index (χ0v) is 16.9. The first-order valence-corrected chi connectivity index (χ1v) is 10.7. The monoisotopic (exact) mass is 342 g/mol. The first-order chi connectivity index (χ1) is 10.3. The lowest BCUT2D eigenvalue weighted by Gasteiger charge is -2.42. The second kappa shape index (κ2) is 7.34. The highest BCUT2D eigenvalue weighted by Crippen LogP contribution is 2.32. The average Bonchev–Trinajstić information content (AvgIpc) is 2.33. The van der Waals surface area contributed by atoms with Gasteiger partial charge in [0.25, 0.3) is 0 Å². The van der Waals surface area contributed by atoms with Crippen molar-refractivity contribution in [1.29, 1.82) is 0 Å². The van der Waals surface area contributed by atoms with Gasteiger partial charge in [0, 0.05) is 19.5 Å². The maximum Gasteiger partial charge on any atom is 0.410 e. The number of hydrogen-bond acceptors (Lipinski definition) is 4. The third-order valence-electron chi connectivity index (χ3n) is 3.69. The van der Waals surface area contributed by atoms with Crippen LogP contribution < -0.4 is 0 Å². The molecule has 1 aliphatic heterocycles. The minimum atomic E-state index is -0.940. The van der Waals surface area contributed by atoms with E-state index in [1.165, 1.54) is 0 Å². The molecule has 0 aliphatic carbocycles. The molecule has 1 rings (SSSR count). The quantitative estimate of drug-likeness (QED) is 0.737. The zero-order valence-electron chi connectivity index (χ0n) is 15.9. The Bertz CT molecular complexity index is 437. The van der Waals surface area contributed by atoms with E-state index in [1.807, 2.05) is 20.8 Å². The molecule has 1 saturated heterocycles. The van der Waals surface area contributed by atoms with Crippen LogP contribution >= 0.6 is 0 Å². The second-order valence-corrected chi connectivity index (χ2v) is 10.6. The lowest BCUT2D eigenvalue weighted by atomic mass is 9.77. The average molecular weight is 343 g/mol. The number of Topliss-reactive ketones (excluding diaryl/α,β-unsaturated/α-hetero) is 1. The van der Waals surface area contributed by atoms with Crippen molar-refractivity contribution in [3.05, 3.63) is 0 Å². The van der Waals surface area contributed by atoms with Crippen LogP contribution in [0, 0.1) is 11.3 Å². The Balaban J connectivity index is 2.91. The van der Waals surface area contributed by atoms with Crippen LogP contribution in [-0.2, 0) is 14.0 Å². The second-order valence-electron chi connectivity index (χ2n) is 8.56. The molecule has 0 saturated carbocycles. The molecule has 0 N–H and O–H groups in total. The molecule has 0 aromatic heterocycles. The van der Waals surface area contributed by atoms with Crippen LogP contribution in [0.4, 0.5) is 4.79 Å². The molecule has 1 radical (unpaired) electrons. The van der Waals surface area contributed by atoms with E-state index in [0.29, 0.717) is 19.5 Å². The number of hydrogen-bond donors (Lipinski definition) is 0. The number of ketones is 1. The fourth-order valence-corrected chi connectivity index (χ4v) is 3.76. The SMILES string of the molecule is C[Si](C)OC(C1CN(C(=O)OC(C)(C)C)CCC1=O)C(C)(C)C. The highest BCUT2D eigenvalue weighted by Gasteiger charge is 2.42. The van der Waals surface area contributed by atoms with Crippen LogP contribution in [0.25, 0.3) is 0 Å². The van der Waals surface area contributed by atoms with Crippen molar-refractivity contribution in [1.82, 2.24) is 4.90 Å². The van der Waals surface area contributed by atoms with Crippen molar-refractivity contribution in [2.24, 2.45) is 11.3 Å². The van der Waals surface area contributed by atoms with E-state index in [9.17, 15) is 9.59 Å². The van der Waals surface area contributed by atoms with Crippen molar-refractivity contribution >= 4 is 20.9 Å². The molecule has 1 fully saturated rings. The van der Waals surface area contributed by atoms with Gasteiger partial charge in [-0.15, -0.1) is 0 Å². The number of likely N-dealkylation sites (tertiary alicyclic amines) is 1. The van der Waals surface area contributed by atoms with Gasteiger partial charge in [0.2, 0.25) is 9.04 Å². The molecule has 1 amide bonds. The molecular weight excluding hydrogens is 310 g/mol. The van der Waals surface area contributed by atoms with Crippen LogP contribution in [-0.4, -0.2) is 50.6 Å². The third-order valence-corrected chi connectivity index (χ3v) is 4.42. The van der Waals surface area contributed by atoms with Crippen LogP contribution in [0.2, 0.25) is 13.1 Å². The molecule has 0 aromatic rings. The third kappa shape index (κ3) is 6.26. The van der Waals surface area contributed by atoms with Gasteiger partial charge in [-0.3, -0.25) is 4.79 Å². The highest BCUT2D eigenvalue weighted by molar-refractivity contribution is 6.48. The number of nitrogens with zero attached hydrogens (tertiary/aromatic N) is 1. The summed E-state index contributed by atoms with van der Waals surface area (Å²) in [6.45, 7) is 16.8. The van der Waals surface area contributed by atoms with E-state index in [1.54, 1.807) is 4.90 Å². The summed E-state index contributed by atoms with van der Waals surface area (Å²) in [5.41, 5.74) is -0.684. The maximum absolute atomic E-state index is 12.5. The number of ether oxygens (including phenoxy) is 1. The van der Waals surface area contributed by atoms with Crippen molar-refractivity contribution < 1.29 is 18.8 Å². The predicted octanol–water partition coefficient (Wildman–Crippen LogP) is 3.49. The van der Waals surface area contributed by atoms with Gasteiger partial charge in [0.15, 0.2) is 0 Å². The number of piperidine rings is 1. The molecule has 0 bridgehead atoms. The predicted molar refractivity (Wildman–Crippen MR) is 92.7 cm³/mol. The van der Waals surface area contributed by atoms with Crippen LogP contribution in [0.1, 0.15) is 48.0 Å². The molecule has 1 aliphatic rings. The lowest BCUT2D eigenvalue weighted by Crippen LogP contribution is -2.53. The Labute approximate surface area is 142 Å². The Morgan fingerprint density at radius 3 is 2.22 bits per heavy atom. The normalized spacial score (nSPS) is 21.5. The molecule has 23 heavy (non-hydrogen) atoms. The summed E-state index contributed by atoms with van der Waals surface area (Å²) in [5, 5.41) is 0. The summed E-state index contributed by atoms with van der Waals surface area (Å²) in [6, 6.07) is 0. The minimum Gasteiger partial charge on any atom is -0.444 e. The Hall–Kier alpha value is -0.883. The fourth-order valence-electron chi connectivity index (χ4n) is 2.73. The largest absolute Gasteiger partial charge is 0.444 e. The lowest BCUT2D eigenvalue weighted by molar-refractivity contribution is -0.132. The molecule has 133 valence electrons. The van der Waals surface area contributed by atoms with Crippen molar-refractivity contribution in [2.75, 3.05) is 13.1 Å². The summed E-state index contributed by atoms with van der Waals surface area (Å²) < 4.78 is 11.6. The van der Waals surface area contributed by atoms with E-state index in [0.717, 1.165) is 0 Å². The smallest absolute Gasteiger partial charge is 0.410 e. The van der Waals surface area contributed by atoms with E-state index >= 15 is 0 Å². The number of rotatable bonds is 3.